The Morgan fingerprint density at radius 1 is 1.27 bits per heavy atom. The van der Waals surface area contributed by atoms with Gasteiger partial charge >= 0.3 is 0 Å². The topological polar surface area (TPSA) is 59.2 Å². The average molecular weight is 212 g/mol. The van der Waals surface area contributed by atoms with Gasteiger partial charge in [-0.3, -0.25) is 0 Å². The van der Waals surface area contributed by atoms with Crippen LogP contribution in [0.5, 0.6) is 0 Å². The average Bonchev–Trinajstić information content (AvgIpc) is 2.66. The van der Waals surface area contributed by atoms with Crippen LogP contribution in [0.2, 0.25) is 0 Å². The van der Waals surface area contributed by atoms with E-state index in [9.17, 15) is 5.11 Å². The number of hydrogen-bond acceptors (Lipinski definition) is 4. The Hall–Kier alpha value is -0.900. The van der Waals surface area contributed by atoms with E-state index in [4.69, 9.17) is 4.52 Å². The molecule has 0 spiro atoms. The summed E-state index contributed by atoms with van der Waals surface area (Å²) in [5.74, 6) is 1.57. The van der Waals surface area contributed by atoms with E-state index in [1.54, 1.807) is 6.92 Å². The number of hydrogen-bond donors (Lipinski definition) is 1. The molecule has 0 aliphatic heterocycles. The SMILES string of the molecule is CCC(C)c1noc(C(CC)C(C)O)n1. The van der Waals surface area contributed by atoms with Crippen molar-refractivity contribution >= 4 is 0 Å². The van der Waals surface area contributed by atoms with Crippen molar-refractivity contribution in [3.63, 3.8) is 0 Å². The Morgan fingerprint density at radius 3 is 2.40 bits per heavy atom. The van der Waals surface area contributed by atoms with Gasteiger partial charge in [0.25, 0.3) is 0 Å². The maximum atomic E-state index is 9.54. The Kier molecular flexibility index (Phi) is 4.27. The van der Waals surface area contributed by atoms with Crippen molar-refractivity contribution in [2.75, 3.05) is 0 Å². The van der Waals surface area contributed by atoms with E-state index in [2.05, 4.69) is 24.0 Å². The lowest BCUT2D eigenvalue weighted by Crippen LogP contribution is -2.14. The van der Waals surface area contributed by atoms with E-state index < -0.39 is 6.10 Å². The molecule has 1 heterocycles. The molecule has 1 aromatic heterocycles. The first-order valence-electron chi connectivity index (χ1n) is 5.61. The van der Waals surface area contributed by atoms with Crippen LogP contribution < -0.4 is 0 Å². The van der Waals surface area contributed by atoms with Gasteiger partial charge in [-0.25, -0.2) is 0 Å². The van der Waals surface area contributed by atoms with Crippen molar-refractivity contribution in [2.45, 2.75) is 58.5 Å². The molecule has 0 aromatic carbocycles. The predicted octanol–water partition coefficient (Wildman–Crippen LogP) is 2.46. The van der Waals surface area contributed by atoms with Gasteiger partial charge in [0.1, 0.15) is 0 Å². The van der Waals surface area contributed by atoms with Gasteiger partial charge < -0.3 is 9.63 Å². The lowest BCUT2D eigenvalue weighted by molar-refractivity contribution is 0.141. The van der Waals surface area contributed by atoms with Crippen LogP contribution in [0.3, 0.4) is 0 Å². The van der Waals surface area contributed by atoms with Crippen LogP contribution in [0.1, 0.15) is 64.1 Å². The second-order valence-electron chi connectivity index (χ2n) is 4.06. The second kappa shape index (κ2) is 5.26. The highest BCUT2D eigenvalue weighted by atomic mass is 16.5. The van der Waals surface area contributed by atoms with Gasteiger partial charge in [0.15, 0.2) is 5.82 Å². The molecule has 4 nitrogen and oxygen atoms in total. The van der Waals surface area contributed by atoms with Gasteiger partial charge in [-0.2, -0.15) is 4.98 Å². The summed E-state index contributed by atoms with van der Waals surface area (Å²) in [4.78, 5) is 4.34. The van der Waals surface area contributed by atoms with E-state index in [0.29, 0.717) is 11.8 Å². The maximum Gasteiger partial charge on any atom is 0.232 e. The predicted molar refractivity (Wildman–Crippen MR) is 57.7 cm³/mol. The minimum absolute atomic E-state index is 0.0460. The monoisotopic (exact) mass is 212 g/mol. The fourth-order valence-corrected chi connectivity index (χ4v) is 1.50. The van der Waals surface area contributed by atoms with Crippen molar-refractivity contribution < 1.29 is 9.63 Å². The summed E-state index contributed by atoms with van der Waals surface area (Å²) < 4.78 is 5.18. The third-order valence-corrected chi connectivity index (χ3v) is 2.85. The normalized spacial score (nSPS) is 17.4. The molecule has 0 amide bonds. The first kappa shape index (κ1) is 12.2. The first-order chi connectivity index (χ1) is 7.10. The lowest BCUT2D eigenvalue weighted by atomic mass is 10.0. The zero-order chi connectivity index (χ0) is 11.4. The molecule has 86 valence electrons. The van der Waals surface area contributed by atoms with Gasteiger partial charge in [-0.15, -0.1) is 0 Å². The van der Waals surface area contributed by atoms with E-state index in [1.807, 2.05) is 6.92 Å². The van der Waals surface area contributed by atoms with Crippen molar-refractivity contribution in [1.82, 2.24) is 10.1 Å². The summed E-state index contributed by atoms with van der Waals surface area (Å²) in [7, 11) is 0. The van der Waals surface area contributed by atoms with Gasteiger partial charge in [-0.1, -0.05) is 25.9 Å². The van der Waals surface area contributed by atoms with Crippen LogP contribution in [0.25, 0.3) is 0 Å². The molecule has 1 aromatic rings. The van der Waals surface area contributed by atoms with E-state index in [1.165, 1.54) is 0 Å². The van der Waals surface area contributed by atoms with Crippen molar-refractivity contribution in [2.24, 2.45) is 0 Å². The molecule has 0 bridgehead atoms. The summed E-state index contributed by atoms with van der Waals surface area (Å²) in [6.07, 6.45) is 1.35. The van der Waals surface area contributed by atoms with E-state index in [0.717, 1.165) is 18.7 Å². The number of aliphatic hydroxyl groups excluding tert-OH is 1. The van der Waals surface area contributed by atoms with Crippen molar-refractivity contribution in [3.8, 4) is 0 Å². The molecule has 1 N–H and O–H groups in total. The Bertz CT molecular complexity index is 297. The Morgan fingerprint density at radius 2 is 1.93 bits per heavy atom. The molecular weight excluding hydrogens is 192 g/mol. The number of aromatic nitrogens is 2. The number of nitrogens with zero attached hydrogens (tertiary/aromatic N) is 2. The minimum atomic E-state index is -0.444. The first-order valence-corrected chi connectivity index (χ1v) is 5.61. The molecule has 3 atom stereocenters. The van der Waals surface area contributed by atoms with Crippen LogP contribution in [0.15, 0.2) is 4.52 Å². The zero-order valence-electron chi connectivity index (χ0n) is 9.90. The largest absolute Gasteiger partial charge is 0.393 e. The Labute approximate surface area is 90.7 Å². The summed E-state index contributed by atoms with van der Waals surface area (Å²) in [6.45, 7) is 7.91. The molecule has 15 heavy (non-hydrogen) atoms. The quantitative estimate of drug-likeness (QED) is 0.814. The number of rotatable bonds is 5. The third-order valence-electron chi connectivity index (χ3n) is 2.85. The minimum Gasteiger partial charge on any atom is -0.393 e. The Balaban J connectivity index is 2.82. The molecule has 3 unspecified atom stereocenters. The maximum absolute atomic E-state index is 9.54. The van der Waals surface area contributed by atoms with Crippen LogP contribution in [-0.2, 0) is 0 Å². The molecule has 0 fully saturated rings. The highest BCUT2D eigenvalue weighted by Gasteiger charge is 2.23. The molecular formula is C11H20N2O2. The molecule has 0 saturated carbocycles. The van der Waals surface area contributed by atoms with E-state index >= 15 is 0 Å². The van der Waals surface area contributed by atoms with Crippen LogP contribution in [-0.4, -0.2) is 21.4 Å². The van der Waals surface area contributed by atoms with Crippen molar-refractivity contribution in [3.05, 3.63) is 11.7 Å². The fraction of sp³-hybridized carbons (Fsp3) is 0.818. The van der Waals surface area contributed by atoms with Gasteiger partial charge in [0.05, 0.1) is 12.0 Å². The fourth-order valence-electron chi connectivity index (χ4n) is 1.50. The number of aliphatic hydroxyl groups is 1. The van der Waals surface area contributed by atoms with Crippen LogP contribution in [0.4, 0.5) is 0 Å². The summed E-state index contributed by atoms with van der Waals surface area (Å²) in [5.41, 5.74) is 0. The van der Waals surface area contributed by atoms with Crippen LogP contribution in [0, 0.1) is 0 Å². The summed E-state index contributed by atoms with van der Waals surface area (Å²) in [5, 5.41) is 13.5. The standard InChI is InChI=1S/C11H20N2O2/c1-5-7(3)10-12-11(15-13-10)9(6-2)8(4)14/h7-9,14H,5-6H2,1-4H3. The summed E-state index contributed by atoms with van der Waals surface area (Å²) in [6, 6.07) is 0. The van der Waals surface area contributed by atoms with Gasteiger partial charge in [-0.05, 0) is 19.8 Å². The summed E-state index contributed by atoms with van der Waals surface area (Å²) >= 11 is 0. The third kappa shape index (κ3) is 2.78. The molecule has 0 radical (unpaired) electrons. The molecule has 0 aliphatic rings. The van der Waals surface area contributed by atoms with E-state index in [-0.39, 0.29) is 5.92 Å². The molecule has 1 rings (SSSR count). The van der Waals surface area contributed by atoms with Crippen molar-refractivity contribution in [1.29, 1.82) is 0 Å². The zero-order valence-corrected chi connectivity index (χ0v) is 9.90. The highest BCUT2D eigenvalue weighted by Crippen LogP contribution is 2.24. The highest BCUT2D eigenvalue weighted by molar-refractivity contribution is 4.99. The van der Waals surface area contributed by atoms with Crippen LogP contribution >= 0.6 is 0 Å². The molecule has 4 heteroatoms. The second-order valence-corrected chi connectivity index (χ2v) is 4.06. The molecule has 0 saturated heterocycles. The lowest BCUT2D eigenvalue weighted by Gasteiger charge is -2.12. The van der Waals surface area contributed by atoms with Gasteiger partial charge in [0, 0.05) is 5.92 Å². The van der Waals surface area contributed by atoms with Gasteiger partial charge in [0.2, 0.25) is 5.89 Å². The smallest absolute Gasteiger partial charge is 0.232 e. The molecule has 0 aliphatic carbocycles.